The van der Waals surface area contributed by atoms with Gasteiger partial charge in [0.25, 0.3) is 0 Å². The SMILES string of the molecule is CC(CC(=O)N(C)CC1CCOCC1)C1CCCNC1. The fourth-order valence-electron chi connectivity index (χ4n) is 3.38. The van der Waals surface area contributed by atoms with E-state index < -0.39 is 0 Å². The topological polar surface area (TPSA) is 41.6 Å². The highest BCUT2D eigenvalue weighted by molar-refractivity contribution is 5.76. The third-order valence-electron chi connectivity index (χ3n) is 4.94. The van der Waals surface area contributed by atoms with Crippen molar-refractivity contribution >= 4 is 5.91 Å². The first-order valence-electron chi connectivity index (χ1n) is 8.19. The van der Waals surface area contributed by atoms with Gasteiger partial charge in [-0.15, -0.1) is 0 Å². The highest BCUT2D eigenvalue weighted by atomic mass is 16.5. The Hall–Kier alpha value is -0.610. The van der Waals surface area contributed by atoms with Gasteiger partial charge in [0.15, 0.2) is 0 Å². The van der Waals surface area contributed by atoms with Crippen LogP contribution in [0.3, 0.4) is 0 Å². The summed E-state index contributed by atoms with van der Waals surface area (Å²) in [5, 5.41) is 3.45. The molecule has 1 N–H and O–H groups in total. The van der Waals surface area contributed by atoms with Crippen LogP contribution in [-0.2, 0) is 9.53 Å². The van der Waals surface area contributed by atoms with Gasteiger partial charge in [-0.3, -0.25) is 4.79 Å². The first kappa shape index (κ1) is 15.8. The molecule has 4 heteroatoms. The van der Waals surface area contributed by atoms with Crippen molar-refractivity contribution in [3.8, 4) is 0 Å². The molecule has 0 bridgehead atoms. The lowest BCUT2D eigenvalue weighted by atomic mass is 9.85. The fraction of sp³-hybridized carbons (Fsp3) is 0.938. The van der Waals surface area contributed by atoms with Crippen LogP contribution in [0.15, 0.2) is 0 Å². The minimum Gasteiger partial charge on any atom is -0.381 e. The minimum absolute atomic E-state index is 0.314. The molecule has 2 atom stereocenters. The van der Waals surface area contributed by atoms with E-state index in [9.17, 15) is 4.79 Å². The molecule has 2 aliphatic rings. The van der Waals surface area contributed by atoms with Crippen LogP contribution in [0.5, 0.6) is 0 Å². The third-order valence-corrected chi connectivity index (χ3v) is 4.94. The highest BCUT2D eigenvalue weighted by Gasteiger charge is 2.24. The van der Waals surface area contributed by atoms with Gasteiger partial charge in [-0.2, -0.15) is 0 Å². The predicted molar refractivity (Wildman–Crippen MR) is 80.6 cm³/mol. The Kier molecular flexibility index (Phi) is 6.30. The number of hydrogen-bond acceptors (Lipinski definition) is 3. The molecule has 0 aliphatic carbocycles. The normalized spacial score (nSPS) is 26.2. The van der Waals surface area contributed by atoms with Gasteiger partial charge in [-0.25, -0.2) is 0 Å². The van der Waals surface area contributed by atoms with Crippen molar-refractivity contribution in [1.29, 1.82) is 0 Å². The van der Waals surface area contributed by atoms with E-state index >= 15 is 0 Å². The summed E-state index contributed by atoms with van der Waals surface area (Å²) in [7, 11) is 1.96. The zero-order chi connectivity index (χ0) is 14.4. The third kappa shape index (κ3) is 4.74. The molecule has 2 unspecified atom stereocenters. The van der Waals surface area contributed by atoms with Crippen LogP contribution < -0.4 is 5.32 Å². The predicted octanol–water partition coefficient (Wildman–Crippen LogP) is 1.90. The number of nitrogens with one attached hydrogen (secondary N) is 1. The molecule has 0 saturated carbocycles. The molecule has 20 heavy (non-hydrogen) atoms. The first-order valence-corrected chi connectivity index (χ1v) is 8.19. The van der Waals surface area contributed by atoms with Gasteiger partial charge in [-0.1, -0.05) is 6.92 Å². The van der Waals surface area contributed by atoms with E-state index in [-0.39, 0.29) is 0 Å². The zero-order valence-corrected chi connectivity index (χ0v) is 13.1. The van der Waals surface area contributed by atoms with Crippen molar-refractivity contribution in [2.45, 2.75) is 39.0 Å². The van der Waals surface area contributed by atoms with E-state index in [2.05, 4.69) is 12.2 Å². The Morgan fingerprint density at radius 1 is 1.35 bits per heavy atom. The summed E-state index contributed by atoms with van der Waals surface area (Å²) in [5.74, 6) is 2.11. The van der Waals surface area contributed by atoms with E-state index in [1.54, 1.807) is 0 Å². The van der Waals surface area contributed by atoms with Gasteiger partial charge in [0, 0.05) is 33.2 Å². The van der Waals surface area contributed by atoms with Crippen molar-refractivity contribution in [2.75, 3.05) is 39.9 Å². The van der Waals surface area contributed by atoms with Gasteiger partial charge in [0.1, 0.15) is 0 Å². The van der Waals surface area contributed by atoms with Gasteiger partial charge in [0.05, 0.1) is 0 Å². The fourth-order valence-corrected chi connectivity index (χ4v) is 3.38. The quantitative estimate of drug-likeness (QED) is 0.837. The molecule has 0 aromatic heterocycles. The van der Waals surface area contributed by atoms with E-state index in [1.165, 1.54) is 12.8 Å². The summed E-state index contributed by atoms with van der Waals surface area (Å²) < 4.78 is 5.38. The van der Waals surface area contributed by atoms with Crippen molar-refractivity contribution in [1.82, 2.24) is 10.2 Å². The summed E-state index contributed by atoms with van der Waals surface area (Å²) in [6.45, 7) is 7.07. The summed E-state index contributed by atoms with van der Waals surface area (Å²) >= 11 is 0. The molecule has 0 aromatic carbocycles. The molecule has 4 nitrogen and oxygen atoms in total. The summed E-state index contributed by atoms with van der Waals surface area (Å²) in [6.07, 6.45) is 5.41. The minimum atomic E-state index is 0.314. The van der Waals surface area contributed by atoms with Crippen molar-refractivity contribution < 1.29 is 9.53 Å². The molecule has 2 heterocycles. The highest BCUT2D eigenvalue weighted by Crippen LogP contribution is 2.23. The molecule has 1 amide bonds. The van der Waals surface area contributed by atoms with Crippen LogP contribution in [0.2, 0.25) is 0 Å². The Morgan fingerprint density at radius 2 is 2.10 bits per heavy atom. The monoisotopic (exact) mass is 282 g/mol. The molecule has 116 valence electrons. The molecule has 2 rings (SSSR count). The van der Waals surface area contributed by atoms with Gasteiger partial charge in [-0.05, 0) is 56.5 Å². The largest absolute Gasteiger partial charge is 0.381 e. The lowest BCUT2D eigenvalue weighted by Gasteiger charge is -2.31. The molecular formula is C16H30N2O2. The maximum absolute atomic E-state index is 12.3. The van der Waals surface area contributed by atoms with E-state index in [1.807, 2.05) is 11.9 Å². The summed E-state index contributed by atoms with van der Waals surface area (Å²) in [4.78, 5) is 14.3. The van der Waals surface area contributed by atoms with Crippen molar-refractivity contribution in [3.05, 3.63) is 0 Å². The molecular weight excluding hydrogens is 252 g/mol. The Morgan fingerprint density at radius 3 is 2.75 bits per heavy atom. The zero-order valence-electron chi connectivity index (χ0n) is 13.1. The second-order valence-electron chi connectivity index (χ2n) is 6.62. The van der Waals surface area contributed by atoms with Crippen molar-refractivity contribution in [2.24, 2.45) is 17.8 Å². The number of rotatable bonds is 5. The van der Waals surface area contributed by atoms with Gasteiger partial charge < -0.3 is 15.0 Å². The molecule has 0 spiro atoms. The number of ether oxygens (including phenoxy) is 1. The van der Waals surface area contributed by atoms with Crippen molar-refractivity contribution in [3.63, 3.8) is 0 Å². The maximum Gasteiger partial charge on any atom is 0.222 e. The second kappa shape index (κ2) is 7.99. The smallest absolute Gasteiger partial charge is 0.222 e. The van der Waals surface area contributed by atoms with E-state index in [4.69, 9.17) is 4.74 Å². The second-order valence-corrected chi connectivity index (χ2v) is 6.62. The Bertz CT molecular complexity index is 297. The van der Waals surface area contributed by atoms with Crippen LogP contribution >= 0.6 is 0 Å². The van der Waals surface area contributed by atoms with E-state index in [0.717, 1.165) is 45.7 Å². The first-order chi connectivity index (χ1) is 9.66. The van der Waals surface area contributed by atoms with E-state index in [0.29, 0.717) is 30.1 Å². The molecule has 0 radical (unpaired) electrons. The summed E-state index contributed by atoms with van der Waals surface area (Å²) in [5.41, 5.74) is 0. The number of carbonyl (C=O) groups is 1. The molecule has 2 aliphatic heterocycles. The molecule has 2 saturated heterocycles. The van der Waals surface area contributed by atoms with Crippen LogP contribution in [-0.4, -0.2) is 50.7 Å². The number of hydrogen-bond donors (Lipinski definition) is 1. The van der Waals surface area contributed by atoms with Gasteiger partial charge in [0.2, 0.25) is 5.91 Å². The number of piperidine rings is 1. The lowest BCUT2D eigenvalue weighted by Crippen LogP contribution is -2.38. The average molecular weight is 282 g/mol. The van der Waals surface area contributed by atoms with Crippen LogP contribution in [0.4, 0.5) is 0 Å². The number of carbonyl (C=O) groups excluding carboxylic acids is 1. The van der Waals surface area contributed by atoms with Crippen LogP contribution in [0.25, 0.3) is 0 Å². The lowest BCUT2D eigenvalue weighted by molar-refractivity contribution is -0.132. The molecule has 2 fully saturated rings. The van der Waals surface area contributed by atoms with Crippen LogP contribution in [0, 0.1) is 17.8 Å². The Labute approximate surface area is 123 Å². The number of nitrogens with zero attached hydrogens (tertiary/aromatic N) is 1. The average Bonchev–Trinajstić information content (AvgIpc) is 2.49. The maximum atomic E-state index is 12.3. The standard InChI is InChI=1S/C16H30N2O2/c1-13(15-4-3-7-17-11-15)10-16(19)18(2)12-14-5-8-20-9-6-14/h13-15,17H,3-12H2,1-2H3. The number of amides is 1. The molecule has 0 aromatic rings. The Balaban J connectivity index is 1.71. The summed E-state index contributed by atoms with van der Waals surface area (Å²) in [6, 6.07) is 0. The van der Waals surface area contributed by atoms with Gasteiger partial charge >= 0.3 is 0 Å². The van der Waals surface area contributed by atoms with Crippen LogP contribution in [0.1, 0.15) is 39.0 Å².